The smallest absolute Gasteiger partial charge is 0.165 e. The van der Waals surface area contributed by atoms with Crippen molar-refractivity contribution in [3.63, 3.8) is 0 Å². The highest BCUT2D eigenvalue weighted by atomic mass is 19.1. The minimum atomic E-state index is -0.632. The Morgan fingerprint density at radius 1 is 1.33 bits per heavy atom. The van der Waals surface area contributed by atoms with Gasteiger partial charge in [-0.25, -0.2) is 8.78 Å². The second kappa shape index (κ2) is 8.23. The number of hydrogen-bond acceptors (Lipinski definition) is 4. The molecule has 1 saturated carbocycles. The van der Waals surface area contributed by atoms with Crippen molar-refractivity contribution in [2.24, 2.45) is 5.92 Å². The van der Waals surface area contributed by atoms with Crippen LogP contribution in [0, 0.1) is 17.6 Å². The molecule has 0 spiro atoms. The highest BCUT2D eigenvalue weighted by Gasteiger charge is 2.54. The van der Waals surface area contributed by atoms with E-state index in [0.29, 0.717) is 32.3 Å². The van der Waals surface area contributed by atoms with Crippen LogP contribution in [0.3, 0.4) is 0 Å². The Bertz CT molecular complexity index is 693. The van der Waals surface area contributed by atoms with E-state index in [1.807, 2.05) is 13.8 Å². The molecule has 1 aromatic carbocycles. The molecule has 27 heavy (non-hydrogen) atoms. The highest BCUT2D eigenvalue weighted by Crippen LogP contribution is 2.45. The molecule has 0 radical (unpaired) electrons. The fraction of sp³-hybridized carbons (Fsp3) is 0.667. The van der Waals surface area contributed by atoms with Gasteiger partial charge in [-0.05, 0) is 43.7 Å². The van der Waals surface area contributed by atoms with Crippen molar-refractivity contribution < 1.29 is 27.8 Å². The van der Waals surface area contributed by atoms with Crippen molar-refractivity contribution in [1.82, 2.24) is 0 Å². The van der Waals surface area contributed by atoms with Crippen molar-refractivity contribution in [3.05, 3.63) is 29.3 Å². The highest BCUT2D eigenvalue weighted by molar-refractivity contribution is 5.80. The summed E-state index contributed by atoms with van der Waals surface area (Å²) in [7, 11) is 0. The van der Waals surface area contributed by atoms with Crippen LogP contribution in [0.25, 0.3) is 0 Å². The number of halogens is 2. The Balaban J connectivity index is 1.76. The third-order valence-corrected chi connectivity index (χ3v) is 5.71. The summed E-state index contributed by atoms with van der Waals surface area (Å²) in [4.78, 5) is 11.8. The van der Waals surface area contributed by atoms with E-state index in [1.165, 1.54) is 6.07 Å². The molecule has 6 heteroatoms. The number of hydrogen-bond donors (Lipinski definition) is 0. The number of rotatable bonds is 7. The van der Waals surface area contributed by atoms with E-state index in [0.717, 1.165) is 18.9 Å². The maximum Gasteiger partial charge on any atom is 0.165 e. The van der Waals surface area contributed by atoms with Crippen molar-refractivity contribution >= 4 is 5.78 Å². The van der Waals surface area contributed by atoms with Crippen molar-refractivity contribution in [1.29, 1.82) is 0 Å². The molecule has 3 rings (SSSR count). The lowest BCUT2D eigenvalue weighted by atomic mass is 9.72. The molecule has 4 nitrogen and oxygen atoms in total. The van der Waals surface area contributed by atoms with Gasteiger partial charge in [0, 0.05) is 18.9 Å². The van der Waals surface area contributed by atoms with Gasteiger partial charge in [0.25, 0.3) is 0 Å². The van der Waals surface area contributed by atoms with Crippen LogP contribution in [0.2, 0.25) is 0 Å². The van der Waals surface area contributed by atoms with Gasteiger partial charge < -0.3 is 14.2 Å². The molecule has 0 bridgehead atoms. The summed E-state index contributed by atoms with van der Waals surface area (Å²) in [6.07, 6.45) is 2.58. The Hall–Kier alpha value is -1.53. The molecule has 1 saturated heterocycles. The van der Waals surface area contributed by atoms with Gasteiger partial charge in [-0.15, -0.1) is 0 Å². The first-order valence-electron chi connectivity index (χ1n) is 9.81. The molecule has 4 atom stereocenters. The predicted molar refractivity (Wildman–Crippen MR) is 96.6 cm³/mol. The lowest BCUT2D eigenvalue weighted by molar-refractivity contribution is -0.132. The molecule has 1 aromatic rings. The fourth-order valence-electron chi connectivity index (χ4n) is 4.19. The van der Waals surface area contributed by atoms with Crippen molar-refractivity contribution in [2.45, 2.75) is 77.3 Å². The average molecular weight is 382 g/mol. The van der Waals surface area contributed by atoms with Crippen LogP contribution in [0.5, 0.6) is 5.75 Å². The Kier molecular flexibility index (Phi) is 6.16. The lowest BCUT2D eigenvalue weighted by Gasteiger charge is -2.40. The van der Waals surface area contributed by atoms with Crippen LogP contribution >= 0.6 is 0 Å². The second-order valence-corrected chi connectivity index (χ2v) is 7.69. The van der Waals surface area contributed by atoms with E-state index in [-0.39, 0.29) is 29.1 Å². The van der Waals surface area contributed by atoms with E-state index in [9.17, 15) is 13.6 Å². The summed E-state index contributed by atoms with van der Waals surface area (Å²) in [6.45, 7) is 6.13. The molecular formula is C21H28F2O4. The summed E-state index contributed by atoms with van der Waals surface area (Å²) in [6, 6.07) is 2.34. The van der Waals surface area contributed by atoms with E-state index in [4.69, 9.17) is 14.2 Å². The molecule has 1 heterocycles. The van der Waals surface area contributed by atoms with Gasteiger partial charge in [-0.2, -0.15) is 0 Å². The van der Waals surface area contributed by atoms with E-state index in [1.54, 1.807) is 6.92 Å². The standard InChI is InChI=1S/C21H28F2O4/c1-4-5-8-25-19-12-17(22)15(10-18(19)23)9-13(2)21-7-6-16(24)11-20(21)26-14(3)27-21/h10,12-14,20H,4-9,11H2,1-3H3/t13?,14?,20-,21-/m1/s1. The average Bonchev–Trinajstić information content (AvgIpc) is 2.95. The molecule has 2 fully saturated rings. The molecule has 150 valence electrons. The first-order chi connectivity index (χ1) is 12.9. The van der Waals surface area contributed by atoms with Crippen LogP contribution in [0.15, 0.2) is 12.1 Å². The van der Waals surface area contributed by atoms with Crippen molar-refractivity contribution in [2.75, 3.05) is 6.61 Å². The monoisotopic (exact) mass is 382 g/mol. The van der Waals surface area contributed by atoms with Crippen molar-refractivity contribution in [3.8, 4) is 5.75 Å². The lowest BCUT2D eigenvalue weighted by Crippen LogP contribution is -2.50. The zero-order chi connectivity index (χ0) is 19.6. The van der Waals surface area contributed by atoms with Crippen LogP contribution in [0.4, 0.5) is 8.78 Å². The number of carbonyl (C=O) groups is 1. The molecular weight excluding hydrogens is 354 g/mol. The van der Waals surface area contributed by atoms with E-state index < -0.39 is 23.5 Å². The number of unbranched alkanes of at least 4 members (excludes halogenated alkanes) is 1. The zero-order valence-electron chi connectivity index (χ0n) is 16.2. The van der Waals surface area contributed by atoms with Gasteiger partial charge in [0.2, 0.25) is 0 Å². The van der Waals surface area contributed by atoms with Gasteiger partial charge in [0.05, 0.1) is 12.7 Å². The van der Waals surface area contributed by atoms with Gasteiger partial charge >= 0.3 is 0 Å². The third kappa shape index (κ3) is 4.16. The third-order valence-electron chi connectivity index (χ3n) is 5.71. The molecule has 2 unspecified atom stereocenters. The van der Waals surface area contributed by atoms with E-state index >= 15 is 0 Å². The summed E-state index contributed by atoms with van der Waals surface area (Å²) in [5.41, 5.74) is -0.344. The van der Waals surface area contributed by atoms with Gasteiger partial charge in [-0.3, -0.25) is 4.79 Å². The summed E-state index contributed by atoms with van der Waals surface area (Å²) < 4.78 is 46.1. The number of Topliss-reactive ketones (excluding diaryl/α,β-unsaturated/α-hetero) is 1. The van der Waals surface area contributed by atoms with Gasteiger partial charge in [0.1, 0.15) is 17.2 Å². The Morgan fingerprint density at radius 3 is 2.85 bits per heavy atom. The molecule has 1 aliphatic heterocycles. The molecule has 1 aliphatic carbocycles. The molecule has 2 aliphatic rings. The quantitative estimate of drug-likeness (QED) is 0.648. The van der Waals surface area contributed by atoms with E-state index in [2.05, 4.69) is 0 Å². The number of fused-ring (bicyclic) bond motifs is 1. The van der Waals surface area contributed by atoms with Gasteiger partial charge in [0.15, 0.2) is 17.9 Å². The second-order valence-electron chi connectivity index (χ2n) is 7.69. The number of ketones is 1. The molecule has 0 N–H and O–H groups in total. The number of ether oxygens (including phenoxy) is 3. The maximum atomic E-state index is 14.6. The SMILES string of the molecule is CCCCOc1cc(F)c(CC(C)[C@]23CCC(=O)C[C@H]2OC(C)O3)cc1F. The van der Waals surface area contributed by atoms with Gasteiger partial charge in [-0.1, -0.05) is 20.3 Å². The minimum Gasteiger partial charge on any atom is -0.490 e. The topological polar surface area (TPSA) is 44.8 Å². The van der Waals surface area contributed by atoms with Crippen LogP contribution in [0.1, 0.15) is 58.4 Å². The Morgan fingerprint density at radius 2 is 2.11 bits per heavy atom. The predicted octanol–water partition coefficient (Wildman–Crippen LogP) is 4.58. The summed E-state index contributed by atoms with van der Waals surface area (Å²) in [5.74, 6) is -1.06. The Labute approximate surface area is 159 Å². The first-order valence-corrected chi connectivity index (χ1v) is 9.81. The number of benzene rings is 1. The summed E-state index contributed by atoms with van der Waals surface area (Å²) in [5, 5.41) is 0. The first kappa shape index (κ1) is 20.2. The van der Waals surface area contributed by atoms with Crippen LogP contribution < -0.4 is 4.74 Å². The maximum absolute atomic E-state index is 14.6. The largest absolute Gasteiger partial charge is 0.490 e. The minimum absolute atomic E-state index is 0.0503. The molecule has 0 aromatic heterocycles. The van der Waals surface area contributed by atoms with Crippen LogP contribution in [-0.4, -0.2) is 30.4 Å². The summed E-state index contributed by atoms with van der Waals surface area (Å²) >= 11 is 0. The normalized spacial score (nSPS) is 28.9. The number of carbonyl (C=O) groups excluding carboxylic acids is 1. The zero-order valence-corrected chi connectivity index (χ0v) is 16.2. The fourth-order valence-corrected chi connectivity index (χ4v) is 4.19. The van der Waals surface area contributed by atoms with Crippen LogP contribution in [-0.2, 0) is 20.7 Å². The molecule has 0 amide bonds.